The van der Waals surface area contributed by atoms with Crippen molar-refractivity contribution in [3.8, 4) is 6.07 Å². The first kappa shape index (κ1) is 10.9. The number of pyridine rings is 1. The van der Waals surface area contributed by atoms with Gasteiger partial charge in [-0.3, -0.25) is 4.79 Å². The van der Waals surface area contributed by atoms with Crippen LogP contribution in [0.3, 0.4) is 0 Å². The summed E-state index contributed by atoms with van der Waals surface area (Å²) in [7, 11) is 1.52. The first-order valence-corrected chi connectivity index (χ1v) is 4.24. The van der Waals surface area contributed by atoms with Gasteiger partial charge in [0.1, 0.15) is 11.8 Å². The molecule has 1 heterocycles. The van der Waals surface area contributed by atoms with Gasteiger partial charge >= 0.3 is 0 Å². The molecule has 1 aromatic rings. The third-order valence-corrected chi connectivity index (χ3v) is 1.92. The van der Waals surface area contributed by atoms with Gasteiger partial charge in [0.05, 0.1) is 5.56 Å². The molecule has 0 bridgehead atoms. The van der Waals surface area contributed by atoms with Gasteiger partial charge in [0.2, 0.25) is 0 Å². The van der Waals surface area contributed by atoms with Crippen molar-refractivity contribution in [2.24, 2.45) is 4.99 Å². The van der Waals surface area contributed by atoms with Crippen LogP contribution >= 0.6 is 0 Å². The molecule has 5 nitrogen and oxygen atoms in total. The lowest BCUT2D eigenvalue weighted by Gasteiger charge is -2.06. The van der Waals surface area contributed by atoms with Crippen LogP contribution in [0.15, 0.2) is 11.1 Å². The van der Waals surface area contributed by atoms with Crippen molar-refractivity contribution in [3.63, 3.8) is 0 Å². The predicted octanol–water partition coefficient (Wildman–Crippen LogP) is 0.953. The minimum atomic E-state index is -0.285. The summed E-state index contributed by atoms with van der Waals surface area (Å²) in [6.45, 7) is 5.05. The number of carbonyl (C=O) groups is 1. The second kappa shape index (κ2) is 4.33. The third kappa shape index (κ3) is 1.99. The molecule has 0 saturated carbocycles. The van der Waals surface area contributed by atoms with Crippen molar-refractivity contribution in [2.75, 3.05) is 7.05 Å². The van der Waals surface area contributed by atoms with Crippen LogP contribution in [-0.2, 0) is 0 Å². The van der Waals surface area contributed by atoms with Crippen LogP contribution in [-0.4, -0.2) is 24.7 Å². The Morgan fingerprint density at radius 2 is 2.40 bits per heavy atom. The number of aromatic nitrogens is 1. The molecule has 0 saturated heterocycles. The average molecular weight is 202 g/mol. The highest BCUT2D eigenvalue weighted by Gasteiger charge is 2.15. The Morgan fingerprint density at radius 3 is 2.87 bits per heavy atom. The fraction of sp³-hybridized carbons (Fsp3) is 0.200. The predicted molar refractivity (Wildman–Crippen MR) is 56.3 cm³/mol. The van der Waals surface area contributed by atoms with Gasteiger partial charge in [-0.15, -0.1) is 0 Å². The lowest BCUT2D eigenvalue weighted by Crippen LogP contribution is -2.19. The standard InChI is InChI=1S/C10H10N4O/c1-6-4-7(5-11)14-9(12-2)8(6)10(15)13-3/h4H,2H2,1,3H3,(H,13,15). The molecule has 76 valence electrons. The summed E-state index contributed by atoms with van der Waals surface area (Å²) in [4.78, 5) is 19.0. The van der Waals surface area contributed by atoms with Crippen LogP contribution < -0.4 is 5.32 Å². The third-order valence-electron chi connectivity index (χ3n) is 1.92. The van der Waals surface area contributed by atoms with Gasteiger partial charge in [-0.2, -0.15) is 5.26 Å². The number of carbonyl (C=O) groups excluding carboxylic acids is 1. The van der Waals surface area contributed by atoms with Crippen molar-refractivity contribution in [2.45, 2.75) is 6.92 Å². The Balaban J connectivity index is 3.45. The van der Waals surface area contributed by atoms with E-state index in [2.05, 4.69) is 22.0 Å². The van der Waals surface area contributed by atoms with E-state index in [1.165, 1.54) is 7.05 Å². The Morgan fingerprint density at radius 1 is 1.73 bits per heavy atom. The Hall–Kier alpha value is -2.22. The maximum absolute atomic E-state index is 11.5. The van der Waals surface area contributed by atoms with Crippen LogP contribution in [0, 0.1) is 18.3 Å². The number of nitrogens with one attached hydrogen (secondary N) is 1. The largest absolute Gasteiger partial charge is 0.355 e. The molecule has 0 atom stereocenters. The van der Waals surface area contributed by atoms with Crippen LogP contribution in [0.5, 0.6) is 0 Å². The molecule has 0 unspecified atom stereocenters. The zero-order valence-electron chi connectivity index (χ0n) is 8.53. The fourth-order valence-corrected chi connectivity index (χ4v) is 1.23. The van der Waals surface area contributed by atoms with Crippen molar-refractivity contribution in [1.29, 1.82) is 5.26 Å². The van der Waals surface area contributed by atoms with Crippen molar-refractivity contribution < 1.29 is 4.79 Å². The van der Waals surface area contributed by atoms with E-state index in [9.17, 15) is 4.79 Å². The minimum absolute atomic E-state index is 0.186. The van der Waals surface area contributed by atoms with Gasteiger partial charge in [0.25, 0.3) is 5.91 Å². The van der Waals surface area contributed by atoms with E-state index in [0.717, 1.165) is 0 Å². The van der Waals surface area contributed by atoms with E-state index >= 15 is 0 Å². The zero-order valence-corrected chi connectivity index (χ0v) is 8.53. The minimum Gasteiger partial charge on any atom is -0.355 e. The van der Waals surface area contributed by atoms with E-state index in [1.54, 1.807) is 13.0 Å². The smallest absolute Gasteiger partial charge is 0.255 e. The number of hydrogen-bond acceptors (Lipinski definition) is 4. The highest BCUT2D eigenvalue weighted by atomic mass is 16.1. The van der Waals surface area contributed by atoms with Crippen LogP contribution in [0.2, 0.25) is 0 Å². The van der Waals surface area contributed by atoms with Gasteiger partial charge in [0.15, 0.2) is 5.82 Å². The Bertz CT molecular complexity index is 459. The summed E-state index contributed by atoms with van der Waals surface area (Å²) in [5, 5.41) is 11.2. The molecule has 1 N–H and O–H groups in total. The molecule has 0 aliphatic rings. The average Bonchev–Trinajstić information content (AvgIpc) is 2.26. The molecular formula is C10H10N4O. The summed E-state index contributed by atoms with van der Waals surface area (Å²) < 4.78 is 0. The number of aryl methyl sites for hydroxylation is 1. The van der Waals surface area contributed by atoms with Crippen molar-refractivity contribution >= 4 is 18.4 Å². The summed E-state index contributed by atoms with van der Waals surface area (Å²) >= 11 is 0. The Labute approximate surface area is 87.5 Å². The van der Waals surface area contributed by atoms with E-state index in [4.69, 9.17) is 5.26 Å². The lowest BCUT2D eigenvalue weighted by atomic mass is 10.1. The summed E-state index contributed by atoms with van der Waals surface area (Å²) in [5.74, 6) is -0.0993. The molecule has 0 aliphatic heterocycles. The second-order valence-electron chi connectivity index (χ2n) is 2.87. The van der Waals surface area contributed by atoms with E-state index < -0.39 is 0 Å². The number of nitrogens with zero attached hydrogens (tertiary/aromatic N) is 3. The molecule has 1 rings (SSSR count). The molecule has 1 aromatic heterocycles. The molecule has 0 aliphatic carbocycles. The summed E-state index contributed by atoms with van der Waals surface area (Å²) in [6, 6.07) is 3.44. The highest BCUT2D eigenvalue weighted by Crippen LogP contribution is 2.20. The van der Waals surface area contributed by atoms with Gasteiger partial charge in [-0.05, 0) is 25.3 Å². The van der Waals surface area contributed by atoms with Crippen LogP contribution in [0.1, 0.15) is 21.6 Å². The van der Waals surface area contributed by atoms with Gasteiger partial charge in [-0.1, -0.05) is 0 Å². The maximum Gasteiger partial charge on any atom is 0.255 e. The highest BCUT2D eigenvalue weighted by molar-refractivity contribution is 5.99. The van der Waals surface area contributed by atoms with E-state index in [-0.39, 0.29) is 17.4 Å². The topological polar surface area (TPSA) is 78.1 Å². The van der Waals surface area contributed by atoms with Crippen molar-refractivity contribution in [3.05, 3.63) is 22.9 Å². The van der Waals surface area contributed by atoms with Gasteiger partial charge in [-0.25, -0.2) is 9.98 Å². The second-order valence-corrected chi connectivity index (χ2v) is 2.87. The van der Waals surface area contributed by atoms with Crippen LogP contribution in [0.4, 0.5) is 5.82 Å². The monoisotopic (exact) mass is 202 g/mol. The maximum atomic E-state index is 11.5. The first-order chi connectivity index (χ1) is 7.13. The number of hydrogen-bond donors (Lipinski definition) is 1. The summed E-state index contributed by atoms with van der Waals surface area (Å²) in [5.41, 5.74) is 1.23. The van der Waals surface area contributed by atoms with E-state index in [0.29, 0.717) is 11.1 Å². The van der Waals surface area contributed by atoms with E-state index in [1.807, 2.05) is 6.07 Å². The quantitative estimate of drug-likeness (QED) is 0.725. The lowest BCUT2D eigenvalue weighted by molar-refractivity contribution is 0.0963. The molecule has 0 radical (unpaired) electrons. The van der Waals surface area contributed by atoms with Gasteiger partial charge < -0.3 is 5.32 Å². The molecule has 0 fully saturated rings. The van der Waals surface area contributed by atoms with Crippen LogP contribution in [0.25, 0.3) is 0 Å². The summed E-state index contributed by atoms with van der Waals surface area (Å²) in [6.07, 6.45) is 0. The number of nitriles is 1. The molecule has 0 spiro atoms. The van der Waals surface area contributed by atoms with Gasteiger partial charge in [0, 0.05) is 7.05 Å². The zero-order chi connectivity index (χ0) is 11.4. The molecular weight excluding hydrogens is 192 g/mol. The molecule has 0 aromatic carbocycles. The van der Waals surface area contributed by atoms with Crippen molar-refractivity contribution in [1.82, 2.24) is 10.3 Å². The molecule has 1 amide bonds. The normalized spacial score (nSPS) is 9.13. The number of aliphatic imine (C=N–C) groups is 1. The Kier molecular flexibility index (Phi) is 3.13. The molecule has 5 heteroatoms. The SMILES string of the molecule is C=Nc1nc(C#N)cc(C)c1C(=O)NC. The number of rotatable bonds is 2. The first-order valence-electron chi connectivity index (χ1n) is 4.24. The fourth-order valence-electron chi connectivity index (χ4n) is 1.23. The molecule has 15 heavy (non-hydrogen) atoms. The number of amides is 1.